The minimum absolute atomic E-state index is 0.522. The lowest BCUT2D eigenvalue weighted by atomic mass is 9.58. The summed E-state index contributed by atoms with van der Waals surface area (Å²) in [6, 6.07) is 0. The Hall–Kier alpha value is 0.440. The van der Waals surface area contributed by atoms with Gasteiger partial charge in [-0.15, -0.1) is 0 Å². The van der Waals surface area contributed by atoms with Gasteiger partial charge < -0.3 is 4.74 Å². The van der Waals surface area contributed by atoms with E-state index in [2.05, 4.69) is 22.9 Å². The summed E-state index contributed by atoms with van der Waals surface area (Å²) in [4.78, 5) is 0.733. The van der Waals surface area contributed by atoms with Crippen LogP contribution in [0.15, 0.2) is 0 Å². The van der Waals surface area contributed by atoms with Gasteiger partial charge >= 0.3 is 0 Å². The molecule has 0 aromatic carbocycles. The monoisotopic (exact) mass is 246 g/mol. The van der Waals surface area contributed by atoms with Gasteiger partial charge in [0.15, 0.2) is 0 Å². The molecule has 2 saturated carbocycles. The van der Waals surface area contributed by atoms with Gasteiger partial charge in [-0.2, -0.15) is 0 Å². The van der Waals surface area contributed by atoms with Gasteiger partial charge in [0.05, 0.1) is 6.10 Å². The van der Waals surface area contributed by atoms with Crippen molar-refractivity contribution in [2.45, 2.75) is 56.4 Å². The van der Waals surface area contributed by atoms with Gasteiger partial charge in [-0.25, -0.2) is 0 Å². The molecule has 0 aromatic heterocycles. The molecule has 76 valence electrons. The number of rotatable bonds is 2. The van der Waals surface area contributed by atoms with E-state index in [1.807, 2.05) is 0 Å². The average molecular weight is 247 g/mol. The first-order valence-electron chi connectivity index (χ1n) is 5.55. The van der Waals surface area contributed by atoms with Crippen LogP contribution in [0.25, 0.3) is 0 Å². The Balaban J connectivity index is 1.99. The first kappa shape index (κ1) is 9.97. The number of halogens is 1. The zero-order valence-corrected chi connectivity index (χ0v) is 9.98. The van der Waals surface area contributed by atoms with Gasteiger partial charge in [0.2, 0.25) is 0 Å². The predicted molar refractivity (Wildman–Crippen MR) is 58.3 cm³/mol. The summed E-state index contributed by atoms with van der Waals surface area (Å²) in [7, 11) is 0. The van der Waals surface area contributed by atoms with Crippen LogP contribution in [0, 0.1) is 5.41 Å². The van der Waals surface area contributed by atoms with Gasteiger partial charge in [-0.1, -0.05) is 35.2 Å². The van der Waals surface area contributed by atoms with Crippen LogP contribution in [-0.4, -0.2) is 17.5 Å². The van der Waals surface area contributed by atoms with E-state index in [-0.39, 0.29) is 0 Å². The molecule has 13 heavy (non-hydrogen) atoms. The maximum absolute atomic E-state index is 5.81. The second-order valence-corrected chi connectivity index (χ2v) is 5.55. The van der Waals surface area contributed by atoms with Gasteiger partial charge in [0.1, 0.15) is 0 Å². The van der Waals surface area contributed by atoms with Crippen LogP contribution in [-0.2, 0) is 4.74 Å². The standard InChI is InChI=1S/C11H19BrO/c1-2-13-10-8-9(12)11(10)6-4-3-5-7-11/h9-10H,2-8H2,1H3. The van der Waals surface area contributed by atoms with Gasteiger partial charge in [0, 0.05) is 16.8 Å². The van der Waals surface area contributed by atoms with Crippen molar-refractivity contribution in [3.8, 4) is 0 Å². The van der Waals surface area contributed by atoms with E-state index < -0.39 is 0 Å². The molecule has 2 atom stereocenters. The second-order valence-electron chi connectivity index (χ2n) is 4.44. The van der Waals surface area contributed by atoms with Crippen LogP contribution in [0.2, 0.25) is 0 Å². The fraction of sp³-hybridized carbons (Fsp3) is 1.00. The lowest BCUT2D eigenvalue weighted by Gasteiger charge is -2.55. The lowest BCUT2D eigenvalue weighted by Crippen LogP contribution is -2.56. The Morgan fingerprint density at radius 2 is 2.00 bits per heavy atom. The minimum atomic E-state index is 0.522. The Kier molecular flexibility index (Phi) is 2.99. The summed E-state index contributed by atoms with van der Waals surface area (Å²) in [6.07, 6.45) is 8.80. The van der Waals surface area contributed by atoms with Crippen molar-refractivity contribution in [1.29, 1.82) is 0 Å². The molecule has 2 unspecified atom stereocenters. The average Bonchev–Trinajstić information content (AvgIpc) is 2.19. The maximum atomic E-state index is 5.81. The van der Waals surface area contributed by atoms with Crippen LogP contribution in [0.1, 0.15) is 45.4 Å². The number of hydrogen-bond donors (Lipinski definition) is 0. The van der Waals surface area contributed by atoms with E-state index in [4.69, 9.17) is 4.74 Å². The number of ether oxygens (including phenoxy) is 1. The minimum Gasteiger partial charge on any atom is -0.378 e. The van der Waals surface area contributed by atoms with Gasteiger partial charge in [0.25, 0.3) is 0 Å². The molecule has 2 heteroatoms. The van der Waals surface area contributed by atoms with Crippen LogP contribution >= 0.6 is 15.9 Å². The highest BCUT2D eigenvalue weighted by atomic mass is 79.9. The molecule has 0 amide bonds. The van der Waals surface area contributed by atoms with E-state index in [1.54, 1.807) is 0 Å². The molecular formula is C11H19BrO. The third-order valence-corrected chi connectivity index (χ3v) is 5.12. The third kappa shape index (κ3) is 1.56. The molecule has 0 heterocycles. The lowest BCUT2D eigenvalue weighted by molar-refractivity contribution is -0.117. The summed E-state index contributed by atoms with van der Waals surface area (Å²) in [6.45, 7) is 2.99. The Bertz CT molecular complexity index is 173. The van der Waals surface area contributed by atoms with Crippen LogP contribution < -0.4 is 0 Å². The Morgan fingerprint density at radius 3 is 2.54 bits per heavy atom. The summed E-state index contributed by atoms with van der Waals surface area (Å²) in [5.74, 6) is 0. The molecule has 0 aromatic rings. The molecule has 2 aliphatic rings. The zero-order chi connectivity index (χ0) is 9.31. The first-order valence-corrected chi connectivity index (χ1v) is 6.47. The summed E-state index contributed by atoms with van der Waals surface area (Å²) in [5, 5.41) is 0. The van der Waals surface area contributed by atoms with Crippen molar-refractivity contribution >= 4 is 15.9 Å². The second kappa shape index (κ2) is 3.90. The molecule has 1 spiro atoms. The molecule has 0 N–H and O–H groups in total. The Morgan fingerprint density at radius 1 is 1.31 bits per heavy atom. The van der Waals surface area contributed by atoms with E-state index in [0.717, 1.165) is 11.4 Å². The molecule has 0 aliphatic heterocycles. The molecule has 2 rings (SSSR count). The van der Waals surface area contributed by atoms with Gasteiger partial charge in [-0.3, -0.25) is 0 Å². The molecule has 2 fully saturated rings. The molecule has 0 bridgehead atoms. The van der Waals surface area contributed by atoms with Crippen molar-refractivity contribution in [3.63, 3.8) is 0 Å². The van der Waals surface area contributed by atoms with Crippen LogP contribution in [0.5, 0.6) is 0 Å². The van der Waals surface area contributed by atoms with E-state index in [9.17, 15) is 0 Å². The highest BCUT2D eigenvalue weighted by Gasteiger charge is 2.54. The third-order valence-electron chi connectivity index (χ3n) is 3.84. The molecule has 0 saturated heterocycles. The van der Waals surface area contributed by atoms with Crippen molar-refractivity contribution in [3.05, 3.63) is 0 Å². The van der Waals surface area contributed by atoms with E-state index in [0.29, 0.717) is 11.5 Å². The normalized spacial score (nSPS) is 37.4. The van der Waals surface area contributed by atoms with Crippen molar-refractivity contribution in [1.82, 2.24) is 0 Å². The van der Waals surface area contributed by atoms with Crippen LogP contribution in [0.3, 0.4) is 0 Å². The number of alkyl halides is 1. The highest BCUT2D eigenvalue weighted by molar-refractivity contribution is 9.09. The van der Waals surface area contributed by atoms with E-state index in [1.165, 1.54) is 38.5 Å². The predicted octanol–water partition coefficient (Wildman–Crippen LogP) is 3.51. The largest absolute Gasteiger partial charge is 0.378 e. The maximum Gasteiger partial charge on any atom is 0.0652 e. The fourth-order valence-electron chi connectivity index (χ4n) is 2.98. The van der Waals surface area contributed by atoms with Gasteiger partial charge in [-0.05, 0) is 26.2 Å². The molecule has 0 radical (unpaired) electrons. The SMILES string of the molecule is CCOC1CC(Br)C12CCCCC2. The highest BCUT2D eigenvalue weighted by Crippen LogP contribution is 2.56. The summed E-state index contributed by atoms with van der Waals surface area (Å²) < 4.78 is 5.81. The fourth-order valence-corrected chi connectivity index (χ4v) is 4.07. The van der Waals surface area contributed by atoms with E-state index >= 15 is 0 Å². The smallest absolute Gasteiger partial charge is 0.0652 e. The summed E-state index contributed by atoms with van der Waals surface area (Å²) >= 11 is 3.81. The molecule has 2 aliphatic carbocycles. The first-order chi connectivity index (χ1) is 6.29. The molecule has 1 nitrogen and oxygen atoms in total. The molecular weight excluding hydrogens is 228 g/mol. The zero-order valence-electron chi connectivity index (χ0n) is 8.39. The van der Waals surface area contributed by atoms with Crippen molar-refractivity contribution in [2.24, 2.45) is 5.41 Å². The van der Waals surface area contributed by atoms with Crippen molar-refractivity contribution in [2.75, 3.05) is 6.61 Å². The quantitative estimate of drug-likeness (QED) is 0.678. The number of hydrogen-bond acceptors (Lipinski definition) is 1. The Labute approximate surface area is 89.4 Å². The topological polar surface area (TPSA) is 9.23 Å². The van der Waals surface area contributed by atoms with Crippen LogP contribution in [0.4, 0.5) is 0 Å². The van der Waals surface area contributed by atoms with Crippen molar-refractivity contribution < 1.29 is 4.74 Å². The summed E-state index contributed by atoms with van der Waals surface area (Å²) in [5.41, 5.74) is 0.522.